The zero-order valence-corrected chi connectivity index (χ0v) is 11.4. The molecule has 0 unspecified atom stereocenters. The molecule has 0 aromatic heterocycles. The van der Waals surface area contributed by atoms with Gasteiger partial charge in [-0.3, -0.25) is 0 Å². The van der Waals surface area contributed by atoms with Gasteiger partial charge in [0.1, 0.15) is 0 Å². The number of carboxylic acids is 1. The summed E-state index contributed by atoms with van der Waals surface area (Å²) in [5, 5.41) is 11.9. The first-order chi connectivity index (χ1) is 9.52. The number of carbonyl (C=O) groups excluding carboxylic acids is 1. The van der Waals surface area contributed by atoms with Crippen molar-refractivity contribution in [1.82, 2.24) is 4.90 Å². The Labute approximate surface area is 117 Å². The minimum absolute atomic E-state index is 0.104. The van der Waals surface area contributed by atoms with Crippen molar-refractivity contribution in [2.45, 2.75) is 25.8 Å². The topological polar surface area (TPSA) is 69.6 Å². The fraction of sp³-hybridized carbons (Fsp3) is 0.333. The molecule has 2 rings (SSSR count). The number of rotatable bonds is 5. The maximum Gasteiger partial charge on any atom is 0.337 e. The van der Waals surface area contributed by atoms with Crippen molar-refractivity contribution >= 4 is 17.7 Å². The normalized spacial score (nSPS) is 13.7. The van der Waals surface area contributed by atoms with Crippen LogP contribution >= 0.6 is 0 Å². The van der Waals surface area contributed by atoms with E-state index >= 15 is 0 Å². The fourth-order valence-electron chi connectivity index (χ4n) is 2.05. The highest BCUT2D eigenvalue weighted by atomic mass is 16.4. The average molecular weight is 274 g/mol. The molecular formula is C15H18N2O3. The molecule has 1 aromatic carbocycles. The van der Waals surface area contributed by atoms with E-state index in [2.05, 4.69) is 11.9 Å². The Bertz CT molecular complexity index is 550. The number of hydrogen-bond donors (Lipinski definition) is 2. The van der Waals surface area contributed by atoms with Gasteiger partial charge in [-0.1, -0.05) is 17.7 Å². The molecule has 0 heterocycles. The lowest BCUT2D eigenvalue weighted by Gasteiger charge is -2.21. The molecule has 1 fully saturated rings. The van der Waals surface area contributed by atoms with Crippen LogP contribution in [0.2, 0.25) is 0 Å². The van der Waals surface area contributed by atoms with Crippen LogP contribution in [0.25, 0.3) is 0 Å². The molecule has 1 aliphatic carbocycles. The molecule has 2 amide bonds. The monoisotopic (exact) mass is 274 g/mol. The summed E-state index contributed by atoms with van der Waals surface area (Å²) in [5.41, 5.74) is 1.26. The Morgan fingerprint density at radius 2 is 2.20 bits per heavy atom. The van der Waals surface area contributed by atoms with E-state index in [1.165, 1.54) is 0 Å². The molecule has 1 aliphatic rings. The molecule has 1 saturated carbocycles. The predicted octanol–water partition coefficient (Wildman–Crippen LogP) is 2.88. The van der Waals surface area contributed by atoms with Crippen molar-refractivity contribution in [2.75, 3.05) is 11.9 Å². The lowest BCUT2D eigenvalue weighted by molar-refractivity contribution is 0.0698. The van der Waals surface area contributed by atoms with Crippen molar-refractivity contribution in [3.63, 3.8) is 0 Å². The molecule has 106 valence electrons. The van der Waals surface area contributed by atoms with E-state index < -0.39 is 5.97 Å². The third-order valence-corrected chi connectivity index (χ3v) is 3.22. The first kappa shape index (κ1) is 14.1. The molecule has 20 heavy (non-hydrogen) atoms. The highest BCUT2D eigenvalue weighted by Crippen LogP contribution is 2.28. The van der Waals surface area contributed by atoms with Crippen LogP contribution < -0.4 is 5.32 Å². The lowest BCUT2D eigenvalue weighted by atomic mass is 10.1. The van der Waals surface area contributed by atoms with Crippen molar-refractivity contribution in [3.8, 4) is 0 Å². The molecule has 0 bridgehead atoms. The molecular weight excluding hydrogens is 256 g/mol. The number of nitrogens with zero attached hydrogens (tertiary/aromatic N) is 1. The van der Waals surface area contributed by atoms with Crippen LogP contribution in [-0.2, 0) is 0 Å². The maximum atomic E-state index is 12.2. The molecule has 5 heteroatoms. The van der Waals surface area contributed by atoms with E-state index in [9.17, 15) is 14.7 Å². The van der Waals surface area contributed by atoms with Crippen LogP contribution in [0.1, 0.15) is 28.8 Å². The Kier molecular flexibility index (Phi) is 4.08. The van der Waals surface area contributed by atoms with Crippen molar-refractivity contribution in [3.05, 3.63) is 42.0 Å². The molecule has 1 aromatic rings. The molecule has 0 spiro atoms. The van der Waals surface area contributed by atoms with Crippen molar-refractivity contribution in [2.24, 2.45) is 0 Å². The second kappa shape index (κ2) is 5.77. The Morgan fingerprint density at radius 3 is 2.75 bits per heavy atom. The molecule has 2 N–H and O–H groups in total. The summed E-state index contributed by atoms with van der Waals surface area (Å²) < 4.78 is 0. The minimum atomic E-state index is -1.05. The molecule has 0 aliphatic heterocycles. The van der Waals surface area contributed by atoms with Gasteiger partial charge in [-0.25, -0.2) is 9.59 Å². The number of benzene rings is 1. The molecule has 5 nitrogen and oxygen atoms in total. The second-order valence-electron chi connectivity index (χ2n) is 4.96. The van der Waals surface area contributed by atoms with E-state index in [0.29, 0.717) is 12.2 Å². The summed E-state index contributed by atoms with van der Waals surface area (Å²) in [4.78, 5) is 25.1. The Balaban J connectivity index is 2.18. The van der Waals surface area contributed by atoms with Gasteiger partial charge in [-0.05, 0) is 31.9 Å². The van der Waals surface area contributed by atoms with Crippen molar-refractivity contribution < 1.29 is 14.7 Å². The third-order valence-electron chi connectivity index (χ3n) is 3.22. The van der Waals surface area contributed by atoms with Gasteiger partial charge in [0.05, 0.1) is 11.3 Å². The van der Waals surface area contributed by atoms with Gasteiger partial charge >= 0.3 is 12.0 Å². The Morgan fingerprint density at radius 1 is 1.50 bits per heavy atom. The third kappa shape index (κ3) is 3.17. The number of hydrogen-bond acceptors (Lipinski definition) is 2. The zero-order valence-electron chi connectivity index (χ0n) is 11.4. The standard InChI is InChI=1S/C15H18N2O3/c1-3-8-17(11-5-6-11)15(20)16-13-7-4-10(2)9-12(13)14(18)19/h3-4,7,9,11H,1,5-6,8H2,2H3,(H,16,20)(H,18,19). The summed E-state index contributed by atoms with van der Waals surface area (Å²) in [6, 6.07) is 4.91. The number of urea groups is 1. The van der Waals surface area contributed by atoms with E-state index in [4.69, 9.17) is 0 Å². The summed E-state index contributed by atoms with van der Waals surface area (Å²) in [5.74, 6) is -1.05. The Hall–Kier alpha value is -2.30. The predicted molar refractivity (Wildman–Crippen MR) is 77.1 cm³/mol. The van der Waals surface area contributed by atoms with Crippen LogP contribution in [0.15, 0.2) is 30.9 Å². The van der Waals surface area contributed by atoms with Gasteiger partial charge in [0.2, 0.25) is 0 Å². The second-order valence-corrected chi connectivity index (χ2v) is 4.96. The number of nitrogens with one attached hydrogen (secondary N) is 1. The summed E-state index contributed by atoms with van der Waals surface area (Å²) in [6.45, 7) is 5.92. The quantitative estimate of drug-likeness (QED) is 0.811. The van der Waals surface area contributed by atoms with E-state index in [1.54, 1.807) is 29.2 Å². The first-order valence-electron chi connectivity index (χ1n) is 6.55. The van der Waals surface area contributed by atoms with E-state index in [0.717, 1.165) is 18.4 Å². The number of aryl methyl sites for hydroxylation is 1. The SMILES string of the molecule is C=CCN(C(=O)Nc1ccc(C)cc1C(=O)O)C1CC1. The minimum Gasteiger partial charge on any atom is -0.478 e. The smallest absolute Gasteiger partial charge is 0.337 e. The molecule has 0 radical (unpaired) electrons. The number of carboxylic acid groups (broad SMARTS) is 1. The van der Waals surface area contributed by atoms with Crippen LogP contribution in [0.4, 0.5) is 10.5 Å². The highest BCUT2D eigenvalue weighted by molar-refractivity contribution is 6.00. The largest absolute Gasteiger partial charge is 0.478 e. The lowest BCUT2D eigenvalue weighted by Crippen LogP contribution is -2.37. The van der Waals surface area contributed by atoms with Gasteiger partial charge < -0.3 is 15.3 Å². The molecule has 0 saturated heterocycles. The zero-order chi connectivity index (χ0) is 14.7. The fourth-order valence-corrected chi connectivity index (χ4v) is 2.05. The number of aromatic carboxylic acids is 1. The van der Waals surface area contributed by atoms with Gasteiger partial charge in [0, 0.05) is 12.6 Å². The van der Waals surface area contributed by atoms with Crippen LogP contribution in [0, 0.1) is 6.92 Å². The number of anilines is 1. The van der Waals surface area contributed by atoms with Gasteiger partial charge in [-0.2, -0.15) is 0 Å². The number of carbonyl (C=O) groups is 2. The first-order valence-corrected chi connectivity index (χ1v) is 6.55. The van der Waals surface area contributed by atoms with Gasteiger partial charge in [-0.15, -0.1) is 6.58 Å². The van der Waals surface area contributed by atoms with E-state index in [-0.39, 0.29) is 17.6 Å². The van der Waals surface area contributed by atoms with Gasteiger partial charge in [0.15, 0.2) is 0 Å². The van der Waals surface area contributed by atoms with Crippen LogP contribution in [0.3, 0.4) is 0 Å². The van der Waals surface area contributed by atoms with Crippen LogP contribution in [0.5, 0.6) is 0 Å². The summed E-state index contributed by atoms with van der Waals surface area (Å²) in [7, 11) is 0. The maximum absolute atomic E-state index is 12.2. The molecule has 0 atom stereocenters. The van der Waals surface area contributed by atoms with Gasteiger partial charge in [0.25, 0.3) is 0 Å². The summed E-state index contributed by atoms with van der Waals surface area (Å²) >= 11 is 0. The number of amides is 2. The highest BCUT2D eigenvalue weighted by Gasteiger charge is 2.32. The average Bonchev–Trinajstić information content (AvgIpc) is 3.22. The van der Waals surface area contributed by atoms with E-state index in [1.807, 2.05) is 6.92 Å². The van der Waals surface area contributed by atoms with Crippen LogP contribution in [-0.4, -0.2) is 34.6 Å². The van der Waals surface area contributed by atoms with Crippen molar-refractivity contribution in [1.29, 1.82) is 0 Å². The summed E-state index contributed by atoms with van der Waals surface area (Å²) in [6.07, 6.45) is 3.65.